The summed E-state index contributed by atoms with van der Waals surface area (Å²) in [5, 5.41) is 7.13. The summed E-state index contributed by atoms with van der Waals surface area (Å²) in [6.07, 6.45) is 5.03. The van der Waals surface area contributed by atoms with Crippen LogP contribution in [0.1, 0.15) is 41.4 Å². The molecule has 3 aromatic rings. The molecule has 0 spiro atoms. The van der Waals surface area contributed by atoms with E-state index in [0.717, 1.165) is 30.5 Å². The van der Waals surface area contributed by atoms with Crippen molar-refractivity contribution in [1.29, 1.82) is 0 Å². The number of hydrogen-bond donors (Lipinski definition) is 1. The Hall–Kier alpha value is -3.23. The van der Waals surface area contributed by atoms with Gasteiger partial charge in [0.2, 0.25) is 5.88 Å². The quantitative estimate of drug-likeness (QED) is 0.639. The van der Waals surface area contributed by atoms with E-state index in [1.54, 1.807) is 4.52 Å². The standard InChI is InChI=1S/C19H19FN6O2/c1-10-6-21-18(27)15-8-23-26-9-12-3-4-25(16(12)24-17(15)26)11(2)14-5-13(20)7-22-19(14)28-10/h5,7-11H,3-4,6H2,1-2H3,(H,21,27)/t10-,11+/m0/s1. The number of anilines is 1. The van der Waals surface area contributed by atoms with Crippen LogP contribution in [0, 0.1) is 5.82 Å². The molecule has 144 valence electrons. The topological polar surface area (TPSA) is 84.6 Å². The first-order valence-corrected chi connectivity index (χ1v) is 9.25. The number of ether oxygens (including phenoxy) is 1. The van der Waals surface area contributed by atoms with E-state index in [2.05, 4.69) is 20.3 Å². The third kappa shape index (κ3) is 2.57. The van der Waals surface area contributed by atoms with Crippen LogP contribution in [0.4, 0.5) is 10.2 Å². The fourth-order valence-corrected chi connectivity index (χ4v) is 3.82. The molecule has 2 bridgehead atoms. The molecule has 0 fully saturated rings. The highest BCUT2D eigenvalue weighted by Crippen LogP contribution is 2.37. The van der Waals surface area contributed by atoms with Crippen molar-refractivity contribution in [3.8, 4) is 5.88 Å². The van der Waals surface area contributed by atoms with E-state index in [-0.39, 0.29) is 24.6 Å². The Kier molecular flexibility index (Phi) is 3.71. The van der Waals surface area contributed by atoms with Crippen molar-refractivity contribution in [1.82, 2.24) is 24.9 Å². The number of pyridine rings is 1. The molecule has 0 saturated carbocycles. The van der Waals surface area contributed by atoms with Gasteiger partial charge >= 0.3 is 0 Å². The zero-order valence-corrected chi connectivity index (χ0v) is 15.5. The number of aromatic nitrogens is 4. The van der Waals surface area contributed by atoms with Crippen LogP contribution in [-0.4, -0.2) is 44.7 Å². The first-order chi connectivity index (χ1) is 13.5. The van der Waals surface area contributed by atoms with Crippen LogP contribution in [0.5, 0.6) is 5.88 Å². The molecule has 0 aromatic carbocycles. The molecule has 0 saturated heterocycles. The highest BCUT2D eigenvalue weighted by molar-refractivity contribution is 5.99. The Morgan fingerprint density at radius 3 is 3.04 bits per heavy atom. The minimum atomic E-state index is -0.416. The van der Waals surface area contributed by atoms with Gasteiger partial charge < -0.3 is 15.0 Å². The van der Waals surface area contributed by atoms with Crippen molar-refractivity contribution in [2.75, 3.05) is 18.0 Å². The lowest BCUT2D eigenvalue weighted by atomic mass is 10.1. The SMILES string of the molecule is C[C@@H]1c2cc(F)cnc2O[C@@H](C)CNC(=O)c2cnn3cc4c(nc23)N1CC4. The van der Waals surface area contributed by atoms with Gasteiger partial charge in [0.15, 0.2) is 5.65 Å². The molecule has 3 aromatic heterocycles. The lowest BCUT2D eigenvalue weighted by Crippen LogP contribution is -2.34. The predicted octanol–water partition coefficient (Wildman–Crippen LogP) is 1.90. The van der Waals surface area contributed by atoms with Gasteiger partial charge in [-0.2, -0.15) is 5.10 Å². The molecule has 1 amide bonds. The summed E-state index contributed by atoms with van der Waals surface area (Å²) in [6.45, 7) is 4.82. The molecule has 1 N–H and O–H groups in total. The molecule has 28 heavy (non-hydrogen) atoms. The Labute approximate surface area is 160 Å². The molecule has 0 aliphatic carbocycles. The normalized spacial score (nSPS) is 21.5. The third-order valence-electron chi connectivity index (χ3n) is 5.31. The molecule has 2 aliphatic rings. The van der Waals surface area contributed by atoms with E-state index in [9.17, 15) is 9.18 Å². The summed E-state index contributed by atoms with van der Waals surface area (Å²) >= 11 is 0. The predicted molar refractivity (Wildman–Crippen MR) is 99.1 cm³/mol. The molecule has 8 nitrogen and oxygen atoms in total. The Bertz CT molecular complexity index is 1100. The lowest BCUT2D eigenvalue weighted by Gasteiger charge is -2.28. The van der Waals surface area contributed by atoms with Crippen molar-refractivity contribution < 1.29 is 13.9 Å². The summed E-state index contributed by atoms with van der Waals surface area (Å²) in [7, 11) is 0. The number of carbonyl (C=O) groups excluding carboxylic acids is 1. The second-order valence-corrected chi connectivity index (χ2v) is 7.22. The molecule has 0 unspecified atom stereocenters. The first-order valence-electron chi connectivity index (χ1n) is 9.25. The van der Waals surface area contributed by atoms with E-state index in [1.165, 1.54) is 12.3 Å². The maximum absolute atomic E-state index is 14.0. The summed E-state index contributed by atoms with van der Waals surface area (Å²) in [5.74, 6) is 0.465. The minimum absolute atomic E-state index is 0.197. The lowest BCUT2D eigenvalue weighted by molar-refractivity contribution is 0.0932. The number of carbonyl (C=O) groups is 1. The molecule has 2 aliphatic heterocycles. The Morgan fingerprint density at radius 1 is 1.32 bits per heavy atom. The van der Waals surface area contributed by atoms with Gasteiger partial charge in [0.1, 0.15) is 23.3 Å². The summed E-state index contributed by atoms with van der Waals surface area (Å²) in [5.41, 5.74) is 2.60. The first kappa shape index (κ1) is 16.9. The van der Waals surface area contributed by atoms with Crippen LogP contribution < -0.4 is 15.0 Å². The van der Waals surface area contributed by atoms with Crippen LogP contribution in [0.2, 0.25) is 0 Å². The van der Waals surface area contributed by atoms with Crippen molar-refractivity contribution in [2.24, 2.45) is 0 Å². The maximum atomic E-state index is 14.0. The van der Waals surface area contributed by atoms with Gasteiger partial charge in [-0.25, -0.2) is 18.9 Å². The largest absolute Gasteiger partial charge is 0.473 e. The third-order valence-corrected chi connectivity index (χ3v) is 5.31. The van der Waals surface area contributed by atoms with Crippen LogP contribution >= 0.6 is 0 Å². The summed E-state index contributed by atoms with van der Waals surface area (Å²) in [4.78, 5) is 23.6. The van der Waals surface area contributed by atoms with Gasteiger partial charge in [0.25, 0.3) is 5.91 Å². The zero-order valence-electron chi connectivity index (χ0n) is 15.5. The van der Waals surface area contributed by atoms with Crippen molar-refractivity contribution >= 4 is 17.4 Å². The smallest absolute Gasteiger partial charge is 0.256 e. The zero-order chi connectivity index (χ0) is 19.4. The monoisotopic (exact) mass is 382 g/mol. The fourth-order valence-electron chi connectivity index (χ4n) is 3.82. The van der Waals surface area contributed by atoms with Gasteiger partial charge in [0, 0.05) is 23.9 Å². The number of fused-ring (bicyclic) bond motifs is 1. The minimum Gasteiger partial charge on any atom is -0.473 e. The van der Waals surface area contributed by atoms with Crippen molar-refractivity contribution in [3.63, 3.8) is 0 Å². The fraction of sp³-hybridized carbons (Fsp3) is 0.368. The van der Waals surface area contributed by atoms with Gasteiger partial charge in [0.05, 0.1) is 25.0 Å². The Morgan fingerprint density at radius 2 is 2.18 bits per heavy atom. The van der Waals surface area contributed by atoms with E-state index in [1.807, 2.05) is 20.0 Å². The van der Waals surface area contributed by atoms with Gasteiger partial charge in [-0.1, -0.05) is 0 Å². The number of nitrogens with zero attached hydrogens (tertiary/aromatic N) is 5. The second kappa shape index (κ2) is 6.15. The number of nitrogens with one attached hydrogen (secondary N) is 1. The average molecular weight is 382 g/mol. The number of hydrogen-bond acceptors (Lipinski definition) is 6. The maximum Gasteiger partial charge on any atom is 0.256 e. The van der Waals surface area contributed by atoms with E-state index >= 15 is 0 Å². The van der Waals surface area contributed by atoms with E-state index < -0.39 is 5.82 Å². The van der Waals surface area contributed by atoms with Crippen molar-refractivity contribution in [3.05, 3.63) is 47.2 Å². The number of rotatable bonds is 0. The van der Waals surface area contributed by atoms with Crippen molar-refractivity contribution in [2.45, 2.75) is 32.4 Å². The molecule has 0 radical (unpaired) electrons. The molecule has 5 heterocycles. The van der Waals surface area contributed by atoms with E-state index in [0.29, 0.717) is 22.7 Å². The number of amides is 1. The average Bonchev–Trinajstić information content (AvgIpc) is 3.28. The van der Waals surface area contributed by atoms with Gasteiger partial charge in [-0.15, -0.1) is 0 Å². The Balaban J connectivity index is 1.70. The second-order valence-electron chi connectivity index (χ2n) is 7.22. The molecule has 2 atom stereocenters. The molecule has 9 heteroatoms. The summed E-state index contributed by atoms with van der Waals surface area (Å²) < 4.78 is 21.6. The molecular formula is C19H19FN6O2. The summed E-state index contributed by atoms with van der Waals surface area (Å²) in [6, 6.07) is 1.26. The molecule has 5 rings (SSSR count). The molecular weight excluding hydrogens is 363 g/mol. The highest BCUT2D eigenvalue weighted by Gasteiger charge is 2.31. The highest BCUT2D eigenvalue weighted by atomic mass is 19.1. The number of halogens is 1. The van der Waals surface area contributed by atoms with Gasteiger partial charge in [-0.05, 0) is 26.3 Å². The van der Waals surface area contributed by atoms with Crippen LogP contribution in [0.3, 0.4) is 0 Å². The van der Waals surface area contributed by atoms with Crippen LogP contribution in [-0.2, 0) is 6.42 Å². The van der Waals surface area contributed by atoms with Gasteiger partial charge in [-0.3, -0.25) is 4.79 Å². The van der Waals surface area contributed by atoms with Crippen LogP contribution in [0.15, 0.2) is 24.7 Å². The van der Waals surface area contributed by atoms with Crippen LogP contribution in [0.25, 0.3) is 5.65 Å². The van der Waals surface area contributed by atoms with E-state index in [4.69, 9.17) is 9.72 Å².